The maximum absolute atomic E-state index is 5.42. The zero-order valence-corrected chi connectivity index (χ0v) is 16.4. The minimum Gasteiger partial charge on any atom is -0.496 e. The minimum absolute atomic E-state index is 0.601. The fraction of sp³-hybridized carbons (Fsp3) is 0.273. The van der Waals surface area contributed by atoms with Crippen LogP contribution in [0, 0.1) is 13.8 Å². The monoisotopic (exact) mass is 362 g/mol. The van der Waals surface area contributed by atoms with E-state index in [-0.39, 0.29) is 0 Å². The molecule has 0 aliphatic rings. The number of aryl methyl sites for hydroxylation is 2. The molecule has 0 atom stereocenters. The molecule has 5 heteroatoms. The van der Waals surface area contributed by atoms with E-state index in [0.717, 1.165) is 35.1 Å². The van der Waals surface area contributed by atoms with E-state index in [1.165, 1.54) is 5.56 Å². The van der Waals surface area contributed by atoms with Gasteiger partial charge in [0, 0.05) is 36.1 Å². The topological polar surface area (TPSA) is 50.3 Å². The van der Waals surface area contributed by atoms with Crippen LogP contribution in [0.5, 0.6) is 5.75 Å². The average Bonchev–Trinajstić information content (AvgIpc) is 2.67. The smallest absolute Gasteiger partial charge is 0.225 e. The van der Waals surface area contributed by atoms with Gasteiger partial charge in [0.05, 0.1) is 7.11 Å². The molecule has 0 fully saturated rings. The molecule has 3 aromatic rings. The molecule has 0 spiro atoms. The Balaban J connectivity index is 1.85. The molecule has 1 heterocycles. The standard InChI is InChI=1S/C22H26N4O/c1-5-26(19-11-8-9-16(2)13-19)21-14-17(3)24-22(25-21)23-15-18-10-6-7-12-20(18)27-4/h6-14H,5,15H2,1-4H3,(H,23,24,25). The highest BCUT2D eigenvalue weighted by Gasteiger charge is 2.12. The second-order valence-electron chi connectivity index (χ2n) is 6.44. The summed E-state index contributed by atoms with van der Waals surface area (Å²) in [5.41, 5.74) is 4.35. The summed E-state index contributed by atoms with van der Waals surface area (Å²) in [6.07, 6.45) is 0. The number of nitrogens with one attached hydrogen (secondary N) is 1. The predicted octanol–water partition coefficient (Wildman–Crippen LogP) is 4.87. The number of aromatic nitrogens is 2. The van der Waals surface area contributed by atoms with Crippen LogP contribution in [0.4, 0.5) is 17.5 Å². The predicted molar refractivity (Wildman–Crippen MR) is 111 cm³/mol. The van der Waals surface area contributed by atoms with Crippen molar-refractivity contribution >= 4 is 17.5 Å². The summed E-state index contributed by atoms with van der Waals surface area (Å²) in [6.45, 7) is 7.64. The molecule has 1 aromatic heterocycles. The van der Waals surface area contributed by atoms with Crippen molar-refractivity contribution in [3.05, 3.63) is 71.4 Å². The van der Waals surface area contributed by atoms with Gasteiger partial charge in [0.15, 0.2) is 0 Å². The highest BCUT2D eigenvalue weighted by Crippen LogP contribution is 2.26. The van der Waals surface area contributed by atoms with Gasteiger partial charge in [-0.1, -0.05) is 30.3 Å². The molecule has 27 heavy (non-hydrogen) atoms. The first-order chi connectivity index (χ1) is 13.1. The summed E-state index contributed by atoms with van der Waals surface area (Å²) >= 11 is 0. The van der Waals surface area contributed by atoms with E-state index in [2.05, 4.69) is 53.3 Å². The Hall–Kier alpha value is -3.08. The van der Waals surface area contributed by atoms with Gasteiger partial charge in [-0.25, -0.2) is 4.98 Å². The number of ether oxygens (including phenoxy) is 1. The normalized spacial score (nSPS) is 10.5. The second kappa shape index (κ2) is 8.54. The van der Waals surface area contributed by atoms with Crippen molar-refractivity contribution in [3.63, 3.8) is 0 Å². The van der Waals surface area contributed by atoms with E-state index < -0.39 is 0 Å². The molecule has 0 saturated carbocycles. The minimum atomic E-state index is 0.601. The zero-order chi connectivity index (χ0) is 19.2. The quantitative estimate of drug-likeness (QED) is 0.650. The van der Waals surface area contributed by atoms with Gasteiger partial charge in [-0.2, -0.15) is 4.98 Å². The number of anilines is 3. The first kappa shape index (κ1) is 18.7. The van der Waals surface area contributed by atoms with Crippen LogP contribution < -0.4 is 15.0 Å². The Bertz CT molecular complexity index is 910. The molecule has 0 aliphatic heterocycles. The van der Waals surface area contributed by atoms with Gasteiger partial charge >= 0.3 is 0 Å². The summed E-state index contributed by atoms with van der Waals surface area (Å²) in [4.78, 5) is 11.5. The van der Waals surface area contributed by atoms with E-state index in [9.17, 15) is 0 Å². The van der Waals surface area contributed by atoms with Crippen LogP contribution in [0.15, 0.2) is 54.6 Å². The van der Waals surface area contributed by atoms with E-state index in [0.29, 0.717) is 12.5 Å². The number of rotatable bonds is 7. The van der Waals surface area contributed by atoms with E-state index in [1.54, 1.807) is 7.11 Å². The molecular formula is C22H26N4O. The Kier molecular flexibility index (Phi) is 5.91. The highest BCUT2D eigenvalue weighted by molar-refractivity contribution is 5.62. The third-order valence-electron chi connectivity index (χ3n) is 4.38. The van der Waals surface area contributed by atoms with Crippen LogP contribution in [-0.4, -0.2) is 23.6 Å². The molecule has 5 nitrogen and oxygen atoms in total. The largest absolute Gasteiger partial charge is 0.496 e. The number of benzene rings is 2. The molecule has 0 saturated heterocycles. The van der Waals surface area contributed by atoms with Crippen LogP contribution in [0.25, 0.3) is 0 Å². The first-order valence-corrected chi connectivity index (χ1v) is 9.16. The van der Waals surface area contributed by atoms with Gasteiger partial charge in [0.2, 0.25) is 5.95 Å². The van der Waals surface area contributed by atoms with Crippen LogP contribution in [0.2, 0.25) is 0 Å². The van der Waals surface area contributed by atoms with Crippen LogP contribution >= 0.6 is 0 Å². The molecule has 0 unspecified atom stereocenters. The maximum Gasteiger partial charge on any atom is 0.225 e. The van der Waals surface area contributed by atoms with Crippen LogP contribution in [0.1, 0.15) is 23.7 Å². The molecular weight excluding hydrogens is 336 g/mol. The fourth-order valence-electron chi connectivity index (χ4n) is 3.07. The second-order valence-corrected chi connectivity index (χ2v) is 6.44. The summed E-state index contributed by atoms with van der Waals surface area (Å²) in [7, 11) is 1.68. The molecule has 140 valence electrons. The van der Waals surface area contributed by atoms with E-state index >= 15 is 0 Å². The van der Waals surface area contributed by atoms with Gasteiger partial charge in [0.25, 0.3) is 0 Å². The number of para-hydroxylation sites is 1. The Morgan fingerprint density at radius 2 is 1.81 bits per heavy atom. The van der Waals surface area contributed by atoms with Crippen molar-refractivity contribution in [2.45, 2.75) is 27.3 Å². The van der Waals surface area contributed by atoms with Crippen LogP contribution in [0.3, 0.4) is 0 Å². The van der Waals surface area contributed by atoms with Crippen molar-refractivity contribution in [3.8, 4) is 5.75 Å². The van der Waals surface area contributed by atoms with E-state index in [4.69, 9.17) is 9.72 Å². The maximum atomic E-state index is 5.42. The van der Waals surface area contributed by atoms with Crippen molar-refractivity contribution < 1.29 is 4.74 Å². The van der Waals surface area contributed by atoms with Crippen molar-refractivity contribution in [1.29, 1.82) is 0 Å². The van der Waals surface area contributed by atoms with Crippen molar-refractivity contribution in [2.75, 3.05) is 23.9 Å². The first-order valence-electron chi connectivity index (χ1n) is 9.16. The van der Waals surface area contributed by atoms with Gasteiger partial charge in [-0.3, -0.25) is 0 Å². The lowest BCUT2D eigenvalue weighted by Gasteiger charge is -2.23. The average molecular weight is 362 g/mol. The molecule has 1 N–H and O–H groups in total. The number of nitrogens with zero attached hydrogens (tertiary/aromatic N) is 3. The number of methoxy groups -OCH3 is 1. The van der Waals surface area contributed by atoms with Crippen LogP contribution in [-0.2, 0) is 6.54 Å². The summed E-state index contributed by atoms with van der Waals surface area (Å²) < 4.78 is 5.42. The molecule has 0 bridgehead atoms. The van der Waals surface area contributed by atoms with Crippen molar-refractivity contribution in [1.82, 2.24) is 9.97 Å². The molecule has 0 radical (unpaired) electrons. The highest BCUT2D eigenvalue weighted by atomic mass is 16.5. The van der Waals surface area contributed by atoms with Gasteiger partial charge in [-0.15, -0.1) is 0 Å². The summed E-state index contributed by atoms with van der Waals surface area (Å²) in [5, 5.41) is 3.33. The fourth-order valence-corrected chi connectivity index (χ4v) is 3.07. The molecule has 2 aromatic carbocycles. The summed E-state index contributed by atoms with van der Waals surface area (Å²) in [5.74, 6) is 2.35. The number of hydrogen-bond donors (Lipinski definition) is 1. The SMILES string of the molecule is CCN(c1cccc(C)c1)c1cc(C)nc(NCc2ccccc2OC)n1. The Morgan fingerprint density at radius 3 is 2.56 bits per heavy atom. The lowest BCUT2D eigenvalue weighted by molar-refractivity contribution is 0.410. The molecule has 0 amide bonds. The zero-order valence-electron chi connectivity index (χ0n) is 16.4. The Labute approximate surface area is 161 Å². The lowest BCUT2D eigenvalue weighted by Crippen LogP contribution is -2.19. The summed E-state index contributed by atoms with van der Waals surface area (Å²) in [6, 6.07) is 18.4. The van der Waals surface area contributed by atoms with Gasteiger partial charge in [0.1, 0.15) is 11.6 Å². The lowest BCUT2D eigenvalue weighted by atomic mass is 10.2. The third-order valence-corrected chi connectivity index (χ3v) is 4.38. The third kappa shape index (κ3) is 4.56. The molecule has 3 rings (SSSR count). The van der Waals surface area contributed by atoms with Gasteiger partial charge < -0.3 is 15.0 Å². The Morgan fingerprint density at radius 1 is 1.00 bits per heavy atom. The van der Waals surface area contributed by atoms with E-state index in [1.807, 2.05) is 37.3 Å². The van der Waals surface area contributed by atoms with Crippen molar-refractivity contribution in [2.24, 2.45) is 0 Å². The molecule has 0 aliphatic carbocycles. The van der Waals surface area contributed by atoms with Gasteiger partial charge in [-0.05, 0) is 44.5 Å². The number of hydrogen-bond acceptors (Lipinski definition) is 5.